The summed E-state index contributed by atoms with van der Waals surface area (Å²) in [5.74, 6) is 2.49. The maximum Gasteiger partial charge on any atom is 0.226 e. The van der Waals surface area contributed by atoms with Crippen molar-refractivity contribution < 1.29 is 9.63 Å². The van der Waals surface area contributed by atoms with E-state index in [4.69, 9.17) is 4.52 Å². The van der Waals surface area contributed by atoms with Crippen molar-refractivity contribution in [1.29, 1.82) is 0 Å². The second-order valence-corrected chi connectivity index (χ2v) is 7.50. The Morgan fingerprint density at radius 3 is 2.89 bits per heavy atom. The standard InChI is InChI=1S/C18H25N7O2/c1-12(2)8-16-20-15(22-27-16)11-24-6-7-25-13(10-24)9-14(21-25)17(26)18-19-4-5-23(18)3/h4-5,9,12,17,26H,6-8,10-11H2,1-3H3/t17-/m1/s1. The van der Waals surface area contributed by atoms with E-state index in [1.807, 2.05) is 24.0 Å². The lowest BCUT2D eigenvalue weighted by molar-refractivity contribution is 0.191. The van der Waals surface area contributed by atoms with Gasteiger partial charge in [0.05, 0.1) is 24.5 Å². The molecule has 9 nitrogen and oxygen atoms in total. The van der Waals surface area contributed by atoms with Crippen LogP contribution in [0.25, 0.3) is 0 Å². The minimum absolute atomic E-state index is 0.492. The van der Waals surface area contributed by atoms with E-state index >= 15 is 0 Å². The van der Waals surface area contributed by atoms with Gasteiger partial charge in [-0.25, -0.2) is 4.98 Å². The minimum Gasteiger partial charge on any atom is -0.379 e. The van der Waals surface area contributed by atoms with Gasteiger partial charge >= 0.3 is 0 Å². The molecule has 0 saturated heterocycles. The molecule has 0 aliphatic carbocycles. The van der Waals surface area contributed by atoms with Crippen molar-refractivity contribution in [3.63, 3.8) is 0 Å². The highest BCUT2D eigenvalue weighted by atomic mass is 16.5. The molecule has 1 aliphatic rings. The summed E-state index contributed by atoms with van der Waals surface area (Å²) in [6.07, 6.45) is 3.46. The molecule has 0 radical (unpaired) electrons. The van der Waals surface area contributed by atoms with Gasteiger partial charge in [0, 0.05) is 39.0 Å². The molecular weight excluding hydrogens is 346 g/mol. The first-order chi connectivity index (χ1) is 13.0. The lowest BCUT2D eigenvalue weighted by atomic mass is 10.1. The van der Waals surface area contributed by atoms with Crippen LogP contribution in [0.5, 0.6) is 0 Å². The zero-order chi connectivity index (χ0) is 19.0. The maximum absolute atomic E-state index is 10.6. The second kappa shape index (κ2) is 7.24. The fourth-order valence-corrected chi connectivity index (χ4v) is 3.37. The highest BCUT2D eigenvalue weighted by Gasteiger charge is 2.24. The van der Waals surface area contributed by atoms with Gasteiger partial charge < -0.3 is 14.2 Å². The van der Waals surface area contributed by atoms with Gasteiger partial charge in [-0.15, -0.1) is 0 Å². The third kappa shape index (κ3) is 3.79. The number of hydrogen-bond acceptors (Lipinski definition) is 7. The fraction of sp³-hybridized carbons (Fsp3) is 0.556. The number of imidazole rings is 1. The van der Waals surface area contributed by atoms with E-state index < -0.39 is 6.10 Å². The van der Waals surface area contributed by atoms with Crippen molar-refractivity contribution in [3.05, 3.63) is 47.4 Å². The molecule has 1 atom stereocenters. The predicted molar refractivity (Wildman–Crippen MR) is 96.5 cm³/mol. The molecule has 4 heterocycles. The van der Waals surface area contributed by atoms with Gasteiger partial charge in [-0.05, 0) is 12.0 Å². The van der Waals surface area contributed by atoms with Gasteiger partial charge in [-0.1, -0.05) is 19.0 Å². The van der Waals surface area contributed by atoms with E-state index in [0.29, 0.717) is 35.7 Å². The number of aromatic nitrogens is 6. The largest absolute Gasteiger partial charge is 0.379 e. The van der Waals surface area contributed by atoms with Gasteiger partial charge in [0.25, 0.3) is 0 Å². The maximum atomic E-state index is 10.6. The molecule has 1 aliphatic heterocycles. The molecule has 0 unspecified atom stereocenters. The molecule has 0 amide bonds. The molecule has 0 fully saturated rings. The van der Waals surface area contributed by atoms with E-state index in [1.165, 1.54) is 0 Å². The zero-order valence-corrected chi connectivity index (χ0v) is 15.9. The highest BCUT2D eigenvalue weighted by molar-refractivity contribution is 5.19. The average Bonchev–Trinajstić information content (AvgIpc) is 3.33. The van der Waals surface area contributed by atoms with Gasteiger partial charge in [0.1, 0.15) is 5.82 Å². The van der Waals surface area contributed by atoms with Gasteiger partial charge in [0.2, 0.25) is 5.89 Å². The minimum atomic E-state index is -0.827. The van der Waals surface area contributed by atoms with Gasteiger partial charge in [-0.3, -0.25) is 9.58 Å². The van der Waals surface area contributed by atoms with E-state index in [9.17, 15) is 5.11 Å². The van der Waals surface area contributed by atoms with Crippen LogP contribution in [0.15, 0.2) is 23.0 Å². The molecule has 27 heavy (non-hydrogen) atoms. The average molecular weight is 371 g/mol. The Kier molecular flexibility index (Phi) is 4.79. The summed E-state index contributed by atoms with van der Waals surface area (Å²) in [7, 11) is 1.86. The summed E-state index contributed by atoms with van der Waals surface area (Å²) in [5.41, 5.74) is 1.69. The first-order valence-electron chi connectivity index (χ1n) is 9.25. The Hall–Kier alpha value is -2.52. The van der Waals surface area contributed by atoms with Crippen molar-refractivity contribution in [1.82, 2.24) is 34.4 Å². The monoisotopic (exact) mass is 371 g/mol. The number of aliphatic hydroxyl groups excluding tert-OH is 1. The Bertz CT molecular complexity index is 911. The Labute approximate surface area is 157 Å². The van der Waals surface area contributed by atoms with Crippen LogP contribution in [0.3, 0.4) is 0 Å². The summed E-state index contributed by atoms with van der Waals surface area (Å²) >= 11 is 0. The van der Waals surface area contributed by atoms with Crippen LogP contribution in [-0.4, -0.2) is 46.0 Å². The van der Waals surface area contributed by atoms with E-state index in [1.54, 1.807) is 10.8 Å². The molecule has 0 spiro atoms. The third-order valence-electron chi connectivity index (χ3n) is 4.74. The summed E-state index contributed by atoms with van der Waals surface area (Å²) in [6.45, 7) is 7.25. The smallest absolute Gasteiger partial charge is 0.226 e. The van der Waals surface area contributed by atoms with Crippen molar-refractivity contribution >= 4 is 0 Å². The second-order valence-electron chi connectivity index (χ2n) is 7.50. The van der Waals surface area contributed by atoms with Crippen LogP contribution in [0.2, 0.25) is 0 Å². The molecule has 3 aromatic rings. The molecular formula is C18H25N7O2. The lowest BCUT2D eigenvalue weighted by Gasteiger charge is -2.26. The summed E-state index contributed by atoms with van der Waals surface area (Å²) < 4.78 is 9.09. The van der Waals surface area contributed by atoms with E-state index in [2.05, 4.69) is 39.0 Å². The summed E-state index contributed by atoms with van der Waals surface area (Å²) in [4.78, 5) is 11.0. The zero-order valence-electron chi connectivity index (χ0n) is 15.9. The molecule has 0 bridgehead atoms. The Morgan fingerprint density at radius 2 is 2.15 bits per heavy atom. The molecule has 3 aromatic heterocycles. The van der Waals surface area contributed by atoms with E-state index in [0.717, 1.165) is 31.7 Å². The summed E-state index contributed by atoms with van der Waals surface area (Å²) in [5, 5.41) is 19.2. The van der Waals surface area contributed by atoms with Crippen molar-refractivity contribution in [2.75, 3.05) is 6.54 Å². The highest BCUT2D eigenvalue weighted by Crippen LogP contribution is 2.23. The van der Waals surface area contributed by atoms with Crippen LogP contribution in [0.1, 0.15) is 48.9 Å². The summed E-state index contributed by atoms with van der Waals surface area (Å²) in [6, 6.07) is 1.95. The SMILES string of the molecule is CC(C)Cc1nc(CN2CCn3nc([C@@H](O)c4nccn4C)cc3C2)no1. The topological polar surface area (TPSA) is 98.0 Å². The van der Waals surface area contributed by atoms with Crippen molar-refractivity contribution in [2.45, 2.75) is 46.0 Å². The molecule has 144 valence electrons. The van der Waals surface area contributed by atoms with Gasteiger partial charge in [0.15, 0.2) is 11.9 Å². The molecule has 9 heteroatoms. The van der Waals surface area contributed by atoms with Gasteiger partial charge in [-0.2, -0.15) is 10.1 Å². The van der Waals surface area contributed by atoms with Crippen molar-refractivity contribution in [3.8, 4) is 0 Å². The molecule has 1 N–H and O–H groups in total. The lowest BCUT2D eigenvalue weighted by Crippen LogP contribution is -2.33. The first kappa shape index (κ1) is 17.9. The number of aryl methyl sites for hydroxylation is 1. The van der Waals surface area contributed by atoms with Crippen LogP contribution >= 0.6 is 0 Å². The Morgan fingerprint density at radius 1 is 1.30 bits per heavy atom. The number of aliphatic hydroxyl groups is 1. The molecule has 4 rings (SSSR count). The molecule has 0 saturated carbocycles. The van der Waals surface area contributed by atoms with Crippen LogP contribution in [0, 0.1) is 5.92 Å². The van der Waals surface area contributed by atoms with Crippen molar-refractivity contribution in [2.24, 2.45) is 13.0 Å². The quantitative estimate of drug-likeness (QED) is 0.697. The van der Waals surface area contributed by atoms with Crippen LogP contribution in [0.4, 0.5) is 0 Å². The van der Waals surface area contributed by atoms with Crippen LogP contribution in [-0.2, 0) is 33.1 Å². The number of fused-ring (bicyclic) bond motifs is 1. The third-order valence-corrected chi connectivity index (χ3v) is 4.74. The number of nitrogens with zero attached hydrogens (tertiary/aromatic N) is 7. The number of rotatable bonds is 6. The number of hydrogen-bond donors (Lipinski definition) is 1. The first-order valence-corrected chi connectivity index (χ1v) is 9.25. The predicted octanol–water partition coefficient (Wildman–Crippen LogP) is 1.30. The molecule has 0 aromatic carbocycles. The van der Waals surface area contributed by atoms with Crippen LogP contribution < -0.4 is 0 Å². The normalized spacial score (nSPS) is 16.0. The van der Waals surface area contributed by atoms with E-state index in [-0.39, 0.29) is 0 Å². The Balaban J connectivity index is 1.43. The fourth-order valence-electron chi connectivity index (χ4n) is 3.37.